The lowest BCUT2D eigenvalue weighted by molar-refractivity contribution is -0.136. The number of carboxylic acids is 1. The number of nitrogens with zero attached hydrogens (tertiary/aromatic N) is 1. The summed E-state index contributed by atoms with van der Waals surface area (Å²) in [4.78, 5) is 24.8. The molecule has 192 valence electrons. The normalized spacial score (nSPS) is 11.6. The Morgan fingerprint density at radius 1 is 1.00 bits per heavy atom. The summed E-state index contributed by atoms with van der Waals surface area (Å²) in [7, 11) is 0. The zero-order valence-electron chi connectivity index (χ0n) is 21.9. The van der Waals surface area contributed by atoms with E-state index in [0.717, 1.165) is 28.7 Å². The van der Waals surface area contributed by atoms with Crippen molar-refractivity contribution in [2.24, 2.45) is 5.92 Å². The van der Waals surface area contributed by atoms with E-state index in [-0.39, 0.29) is 31.4 Å². The summed E-state index contributed by atoms with van der Waals surface area (Å²) in [6.07, 6.45) is 0.974. The molecule has 0 saturated carbocycles. The van der Waals surface area contributed by atoms with Crippen molar-refractivity contribution in [1.29, 1.82) is 5.26 Å². The molecule has 6 heteroatoms. The van der Waals surface area contributed by atoms with Gasteiger partial charge >= 0.3 is 5.97 Å². The van der Waals surface area contributed by atoms with Crippen LogP contribution in [0.4, 0.5) is 0 Å². The fourth-order valence-electron chi connectivity index (χ4n) is 4.37. The maximum atomic E-state index is 13.6. The predicted octanol–water partition coefficient (Wildman–Crippen LogP) is 6.29. The third kappa shape index (κ3) is 8.22. The Morgan fingerprint density at radius 2 is 1.68 bits per heavy atom. The molecule has 0 aliphatic carbocycles. The Balaban J connectivity index is 1.87. The van der Waals surface area contributed by atoms with E-state index in [1.165, 1.54) is 0 Å². The highest BCUT2D eigenvalue weighted by Gasteiger charge is 2.20. The van der Waals surface area contributed by atoms with E-state index >= 15 is 0 Å². The van der Waals surface area contributed by atoms with Crippen molar-refractivity contribution in [3.63, 3.8) is 0 Å². The van der Waals surface area contributed by atoms with Gasteiger partial charge in [0.05, 0.1) is 17.7 Å². The van der Waals surface area contributed by atoms with Crippen LogP contribution in [0.25, 0.3) is 0 Å². The Labute approximate surface area is 218 Å². The second kappa shape index (κ2) is 12.7. The summed E-state index contributed by atoms with van der Waals surface area (Å²) < 4.78 is 5.86. The van der Waals surface area contributed by atoms with Crippen LogP contribution in [0.5, 0.6) is 5.75 Å². The van der Waals surface area contributed by atoms with Gasteiger partial charge in [-0.3, -0.25) is 9.59 Å². The molecule has 0 aromatic heterocycles. The highest BCUT2D eigenvalue weighted by molar-refractivity contribution is 5.96. The molecule has 3 rings (SSSR count). The number of aliphatic carboxylic acids is 1. The fraction of sp³-hybridized carbons (Fsp3) is 0.323. The highest BCUT2D eigenvalue weighted by Crippen LogP contribution is 2.25. The van der Waals surface area contributed by atoms with E-state index in [9.17, 15) is 14.7 Å². The molecular formula is C31H34N2O4. The second-order valence-corrected chi connectivity index (χ2v) is 9.89. The van der Waals surface area contributed by atoms with E-state index in [4.69, 9.17) is 10.00 Å². The molecule has 0 fully saturated rings. The van der Waals surface area contributed by atoms with Crippen LogP contribution in [-0.4, -0.2) is 17.0 Å². The zero-order valence-corrected chi connectivity index (χ0v) is 21.9. The van der Waals surface area contributed by atoms with Crippen LogP contribution >= 0.6 is 0 Å². The molecule has 1 atom stereocenters. The Kier molecular flexibility index (Phi) is 9.45. The first kappa shape index (κ1) is 27.5. The summed E-state index contributed by atoms with van der Waals surface area (Å²) in [5, 5.41) is 21.4. The van der Waals surface area contributed by atoms with Gasteiger partial charge in [0.25, 0.3) is 5.91 Å². The van der Waals surface area contributed by atoms with Gasteiger partial charge in [0.1, 0.15) is 12.4 Å². The van der Waals surface area contributed by atoms with Gasteiger partial charge in [-0.2, -0.15) is 5.26 Å². The van der Waals surface area contributed by atoms with Gasteiger partial charge in [0, 0.05) is 12.0 Å². The minimum atomic E-state index is -0.910. The number of carbonyl (C=O) groups excluding carboxylic acids is 1. The van der Waals surface area contributed by atoms with Gasteiger partial charge in [-0.1, -0.05) is 55.3 Å². The number of amides is 1. The van der Waals surface area contributed by atoms with Gasteiger partial charge in [-0.05, 0) is 79.6 Å². The standard InChI is InChI=1S/C31H34N2O4/c1-20(2)13-29(26-15-21(3)14-22(4)16-26)33-31(36)28-17-24(5-8-25(28)9-12-30(34)35)19-37-27-10-6-23(18-32)7-11-27/h5-8,10-11,14-17,20,29H,9,12-13,19H2,1-4H3,(H,33,36)(H,34,35). The number of nitrogens with one attached hydrogen (secondary N) is 1. The molecule has 2 N–H and O–H groups in total. The number of carbonyl (C=O) groups is 2. The summed E-state index contributed by atoms with van der Waals surface area (Å²) in [5.74, 6) is -0.158. The van der Waals surface area contributed by atoms with Crippen LogP contribution in [0.3, 0.4) is 0 Å². The highest BCUT2D eigenvalue weighted by atomic mass is 16.5. The summed E-state index contributed by atoms with van der Waals surface area (Å²) >= 11 is 0. The molecular weight excluding hydrogens is 464 g/mol. The molecule has 0 saturated heterocycles. The number of hydrogen-bond donors (Lipinski definition) is 2. The van der Waals surface area contributed by atoms with Crippen LogP contribution in [0, 0.1) is 31.1 Å². The molecule has 1 unspecified atom stereocenters. The molecule has 3 aromatic carbocycles. The topological polar surface area (TPSA) is 99.4 Å². The molecule has 1 amide bonds. The fourth-order valence-corrected chi connectivity index (χ4v) is 4.37. The van der Waals surface area contributed by atoms with E-state index in [0.29, 0.717) is 28.4 Å². The van der Waals surface area contributed by atoms with E-state index in [2.05, 4.69) is 43.4 Å². The number of aryl methyl sites for hydroxylation is 3. The molecule has 0 spiro atoms. The molecule has 0 aliphatic rings. The third-order valence-corrected chi connectivity index (χ3v) is 6.07. The van der Waals surface area contributed by atoms with Crippen LogP contribution in [0.2, 0.25) is 0 Å². The quantitative estimate of drug-likeness (QED) is 0.324. The molecule has 0 heterocycles. The average molecular weight is 499 g/mol. The molecule has 0 bridgehead atoms. The van der Waals surface area contributed by atoms with Crippen molar-refractivity contribution in [1.82, 2.24) is 5.32 Å². The lowest BCUT2D eigenvalue weighted by atomic mass is 9.93. The maximum absolute atomic E-state index is 13.6. The van der Waals surface area contributed by atoms with Gasteiger partial charge in [0.2, 0.25) is 0 Å². The largest absolute Gasteiger partial charge is 0.489 e. The SMILES string of the molecule is Cc1cc(C)cc(C(CC(C)C)NC(=O)c2cc(COc3ccc(C#N)cc3)ccc2CCC(=O)O)c1. The summed E-state index contributed by atoms with van der Waals surface area (Å²) in [6.45, 7) is 8.58. The van der Waals surface area contributed by atoms with Crippen molar-refractivity contribution in [2.75, 3.05) is 0 Å². The third-order valence-electron chi connectivity index (χ3n) is 6.07. The van der Waals surface area contributed by atoms with E-state index in [1.807, 2.05) is 26.0 Å². The van der Waals surface area contributed by atoms with Gasteiger partial charge < -0.3 is 15.2 Å². The van der Waals surface area contributed by atoms with Crippen molar-refractivity contribution in [3.8, 4) is 11.8 Å². The smallest absolute Gasteiger partial charge is 0.303 e. The predicted molar refractivity (Wildman–Crippen MR) is 143 cm³/mol. The second-order valence-electron chi connectivity index (χ2n) is 9.89. The molecule has 0 aliphatic heterocycles. The summed E-state index contributed by atoms with van der Waals surface area (Å²) in [5.41, 5.74) is 5.83. The van der Waals surface area contributed by atoms with Crippen molar-refractivity contribution in [3.05, 3.63) is 99.6 Å². The van der Waals surface area contributed by atoms with Gasteiger partial charge in [0.15, 0.2) is 0 Å². The summed E-state index contributed by atoms with van der Waals surface area (Å²) in [6, 6.07) is 20.5. The maximum Gasteiger partial charge on any atom is 0.303 e. The lowest BCUT2D eigenvalue weighted by Gasteiger charge is -2.23. The number of ether oxygens (including phenoxy) is 1. The number of nitriles is 1. The van der Waals surface area contributed by atoms with Gasteiger partial charge in [-0.25, -0.2) is 0 Å². The first-order chi connectivity index (χ1) is 17.6. The molecule has 37 heavy (non-hydrogen) atoms. The van der Waals surface area contributed by atoms with Crippen molar-refractivity contribution >= 4 is 11.9 Å². The Hall–Kier alpha value is -4.11. The number of carboxylic acid groups (broad SMARTS) is 1. The first-order valence-electron chi connectivity index (χ1n) is 12.5. The molecule has 0 radical (unpaired) electrons. The Bertz CT molecular complexity index is 1270. The number of rotatable bonds is 11. The van der Waals surface area contributed by atoms with E-state index in [1.54, 1.807) is 30.3 Å². The monoisotopic (exact) mass is 498 g/mol. The van der Waals surface area contributed by atoms with Crippen molar-refractivity contribution < 1.29 is 19.4 Å². The van der Waals surface area contributed by atoms with Crippen LogP contribution < -0.4 is 10.1 Å². The van der Waals surface area contributed by atoms with E-state index < -0.39 is 5.97 Å². The van der Waals surface area contributed by atoms with Crippen LogP contribution in [-0.2, 0) is 17.8 Å². The lowest BCUT2D eigenvalue weighted by Crippen LogP contribution is -2.30. The minimum absolute atomic E-state index is 0.0616. The Morgan fingerprint density at radius 3 is 2.27 bits per heavy atom. The number of hydrogen-bond acceptors (Lipinski definition) is 4. The zero-order chi connectivity index (χ0) is 26.9. The molecule has 3 aromatic rings. The number of benzene rings is 3. The van der Waals surface area contributed by atoms with Gasteiger partial charge in [-0.15, -0.1) is 0 Å². The average Bonchev–Trinajstić information content (AvgIpc) is 2.85. The minimum Gasteiger partial charge on any atom is -0.489 e. The molecule has 6 nitrogen and oxygen atoms in total. The van der Waals surface area contributed by atoms with Crippen LogP contribution in [0.1, 0.15) is 76.5 Å². The van der Waals surface area contributed by atoms with Crippen LogP contribution in [0.15, 0.2) is 60.7 Å². The first-order valence-corrected chi connectivity index (χ1v) is 12.5. The van der Waals surface area contributed by atoms with Crippen molar-refractivity contribution in [2.45, 2.75) is 59.6 Å².